The van der Waals surface area contributed by atoms with Crippen LogP contribution in [0.4, 0.5) is 0 Å². The lowest BCUT2D eigenvalue weighted by atomic mass is 10.7. The van der Waals surface area contributed by atoms with Crippen molar-refractivity contribution in [3.63, 3.8) is 0 Å². The predicted molar refractivity (Wildman–Crippen MR) is 90.6 cm³/mol. The molecular formula is C14H35NO3Si2. The van der Waals surface area contributed by atoms with Crippen LogP contribution in [0.2, 0.25) is 25.2 Å². The van der Waals surface area contributed by atoms with E-state index in [1.165, 1.54) is 6.04 Å². The van der Waals surface area contributed by atoms with E-state index in [0.717, 1.165) is 19.1 Å². The van der Waals surface area contributed by atoms with Gasteiger partial charge in [0.1, 0.15) is 8.24 Å². The molecule has 0 atom stereocenters. The monoisotopic (exact) mass is 321 g/mol. The van der Waals surface area contributed by atoms with Gasteiger partial charge in [-0.1, -0.05) is 26.9 Å². The third kappa shape index (κ3) is 6.36. The smallest absolute Gasteiger partial charge is 0.374 e. The zero-order valence-electron chi connectivity index (χ0n) is 14.6. The largest absolute Gasteiger partial charge is 0.500 e. The van der Waals surface area contributed by atoms with Crippen molar-refractivity contribution in [3.8, 4) is 0 Å². The zero-order valence-corrected chi connectivity index (χ0v) is 16.6. The van der Waals surface area contributed by atoms with Gasteiger partial charge in [-0.25, -0.2) is 0 Å². The van der Waals surface area contributed by atoms with E-state index < -0.39 is 17.0 Å². The Kier molecular flexibility index (Phi) is 10.2. The van der Waals surface area contributed by atoms with Crippen LogP contribution in [0.1, 0.15) is 34.6 Å². The number of hydrogen-bond donors (Lipinski definition) is 0. The fourth-order valence-corrected chi connectivity index (χ4v) is 10.4. The topological polar surface area (TPSA) is 30.9 Å². The van der Waals surface area contributed by atoms with E-state index in [1.54, 1.807) is 0 Å². The van der Waals surface area contributed by atoms with Crippen LogP contribution in [0.5, 0.6) is 0 Å². The first-order chi connectivity index (χ1) is 9.41. The Bertz CT molecular complexity index is 232. The summed E-state index contributed by atoms with van der Waals surface area (Å²) in [6, 6.07) is 2.11. The first-order valence-corrected chi connectivity index (χ1v) is 13.2. The molecule has 122 valence electrons. The normalized spacial score (nSPS) is 13.2. The molecule has 0 radical (unpaired) electrons. The summed E-state index contributed by atoms with van der Waals surface area (Å²) in [6.45, 7) is 19.7. The van der Waals surface area contributed by atoms with E-state index in [9.17, 15) is 0 Å². The van der Waals surface area contributed by atoms with Gasteiger partial charge in [-0.3, -0.25) is 0 Å². The maximum absolute atomic E-state index is 5.95. The Labute approximate surface area is 128 Å². The lowest BCUT2D eigenvalue weighted by Crippen LogP contribution is -2.52. The molecule has 0 bridgehead atoms. The van der Waals surface area contributed by atoms with Gasteiger partial charge in [0.15, 0.2) is 0 Å². The lowest BCUT2D eigenvalue weighted by molar-refractivity contribution is 0.0723. The van der Waals surface area contributed by atoms with Crippen LogP contribution in [0.25, 0.3) is 0 Å². The lowest BCUT2D eigenvalue weighted by Gasteiger charge is -2.37. The molecule has 0 aliphatic rings. The van der Waals surface area contributed by atoms with E-state index in [1.807, 2.05) is 20.8 Å². The maximum Gasteiger partial charge on any atom is 0.500 e. The molecule has 0 amide bonds. The standard InChI is InChI=1S/C14H35NO3Si2/c1-8-15(9-2)19(6,7)13-14-20(16-10-3,17-11-4)18-12-5/h8-14H2,1-7H3. The Morgan fingerprint density at radius 1 is 0.700 bits per heavy atom. The number of rotatable bonds is 12. The summed E-state index contributed by atoms with van der Waals surface area (Å²) in [7, 11) is -3.87. The summed E-state index contributed by atoms with van der Waals surface area (Å²) in [6.07, 6.45) is 0. The van der Waals surface area contributed by atoms with Crippen molar-refractivity contribution in [2.24, 2.45) is 0 Å². The van der Waals surface area contributed by atoms with Gasteiger partial charge in [0.25, 0.3) is 0 Å². The molecule has 0 aliphatic heterocycles. The molecule has 4 nitrogen and oxygen atoms in total. The number of nitrogens with zero attached hydrogens (tertiary/aromatic N) is 1. The summed E-state index contributed by atoms with van der Waals surface area (Å²) in [5, 5.41) is 0. The van der Waals surface area contributed by atoms with Crippen LogP contribution in [0, 0.1) is 0 Å². The average molecular weight is 322 g/mol. The predicted octanol–water partition coefficient (Wildman–Crippen LogP) is 3.58. The van der Waals surface area contributed by atoms with Gasteiger partial charge in [-0.05, 0) is 39.9 Å². The second-order valence-corrected chi connectivity index (χ2v) is 13.0. The summed E-state index contributed by atoms with van der Waals surface area (Å²) in [4.78, 5) is 0. The molecule has 0 aromatic rings. The van der Waals surface area contributed by atoms with Crippen molar-refractivity contribution < 1.29 is 13.3 Å². The van der Waals surface area contributed by atoms with Crippen molar-refractivity contribution in [2.75, 3.05) is 32.9 Å². The molecule has 0 saturated heterocycles. The van der Waals surface area contributed by atoms with Crippen molar-refractivity contribution in [1.29, 1.82) is 0 Å². The Morgan fingerprint density at radius 2 is 1.10 bits per heavy atom. The highest BCUT2D eigenvalue weighted by molar-refractivity contribution is 6.76. The molecule has 20 heavy (non-hydrogen) atoms. The molecule has 0 unspecified atom stereocenters. The molecule has 6 heteroatoms. The number of hydrogen-bond acceptors (Lipinski definition) is 4. The molecule has 0 heterocycles. The van der Waals surface area contributed by atoms with E-state index in [-0.39, 0.29) is 0 Å². The van der Waals surface area contributed by atoms with Gasteiger partial charge in [0.2, 0.25) is 0 Å². The Balaban J connectivity index is 4.80. The maximum atomic E-state index is 5.95. The summed E-state index contributed by atoms with van der Waals surface area (Å²) < 4.78 is 20.5. The molecular weight excluding hydrogens is 286 g/mol. The molecule has 0 rings (SSSR count). The molecule has 0 spiro atoms. The van der Waals surface area contributed by atoms with Crippen LogP contribution in [-0.2, 0) is 13.3 Å². The molecule has 0 N–H and O–H groups in total. The van der Waals surface area contributed by atoms with E-state index >= 15 is 0 Å². The molecule has 0 aromatic carbocycles. The highest BCUT2D eigenvalue weighted by atomic mass is 28.4. The average Bonchev–Trinajstić information content (AvgIpc) is 2.39. The fraction of sp³-hybridized carbons (Fsp3) is 1.00. The second-order valence-electron chi connectivity index (χ2n) is 5.47. The molecule has 0 aromatic heterocycles. The van der Waals surface area contributed by atoms with Gasteiger partial charge in [-0.2, -0.15) is 0 Å². The molecule has 0 aliphatic carbocycles. The minimum atomic E-state index is -2.47. The minimum Gasteiger partial charge on any atom is -0.374 e. The van der Waals surface area contributed by atoms with Crippen LogP contribution in [0.15, 0.2) is 0 Å². The second kappa shape index (κ2) is 10.1. The highest BCUT2D eigenvalue weighted by Crippen LogP contribution is 2.25. The van der Waals surface area contributed by atoms with Crippen molar-refractivity contribution in [3.05, 3.63) is 0 Å². The SMILES string of the molecule is CCO[Si](CC[Si](C)(C)N(CC)CC)(OCC)OCC. The Hall–Kier alpha value is 0.274. The van der Waals surface area contributed by atoms with Crippen molar-refractivity contribution in [2.45, 2.75) is 59.8 Å². The van der Waals surface area contributed by atoms with Crippen molar-refractivity contribution >= 4 is 17.0 Å². The molecule has 0 saturated carbocycles. The van der Waals surface area contributed by atoms with Gasteiger partial charge < -0.3 is 17.8 Å². The zero-order chi connectivity index (χ0) is 15.6. The van der Waals surface area contributed by atoms with E-state index in [0.29, 0.717) is 19.8 Å². The van der Waals surface area contributed by atoms with Gasteiger partial charge in [-0.15, -0.1) is 0 Å². The quantitative estimate of drug-likeness (QED) is 0.514. The third-order valence-electron chi connectivity index (χ3n) is 3.76. The summed E-state index contributed by atoms with van der Waals surface area (Å²) in [5.41, 5.74) is 0. The first-order valence-electron chi connectivity index (χ1n) is 8.08. The van der Waals surface area contributed by atoms with E-state index in [2.05, 4.69) is 31.5 Å². The van der Waals surface area contributed by atoms with Crippen LogP contribution < -0.4 is 0 Å². The summed E-state index contributed by atoms with van der Waals surface area (Å²) >= 11 is 0. The Morgan fingerprint density at radius 3 is 1.40 bits per heavy atom. The van der Waals surface area contributed by atoms with Crippen LogP contribution in [0.3, 0.4) is 0 Å². The van der Waals surface area contributed by atoms with Crippen molar-refractivity contribution in [1.82, 2.24) is 4.57 Å². The third-order valence-corrected chi connectivity index (χ3v) is 11.1. The molecule has 0 fully saturated rings. The van der Waals surface area contributed by atoms with Crippen LogP contribution in [-0.4, -0.2) is 54.5 Å². The van der Waals surface area contributed by atoms with Gasteiger partial charge in [0, 0.05) is 25.9 Å². The van der Waals surface area contributed by atoms with Gasteiger partial charge in [0.05, 0.1) is 0 Å². The summed E-state index contributed by atoms with van der Waals surface area (Å²) in [5.74, 6) is 0. The minimum absolute atomic E-state index is 0.666. The fourth-order valence-electron chi connectivity index (χ4n) is 2.70. The van der Waals surface area contributed by atoms with Crippen LogP contribution >= 0.6 is 0 Å². The van der Waals surface area contributed by atoms with E-state index in [4.69, 9.17) is 13.3 Å². The highest BCUT2D eigenvalue weighted by Gasteiger charge is 2.42. The van der Waals surface area contributed by atoms with Gasteiger partial charge >= 0.3 is 8.80 Å². The first kappa shape index (κ1) is 20.3.